The topological polar surface area (TPSA) is 90.1 Å². The molecule has 2 atom stereocenters. The molecule has 0 bridgehead atoms. The number of rotatable bonds is 4. The van der Waals surface area contributed by atoms with Gasteiger partial charge in [0.25, 0.3) is 0 Å². The molecule has 1 saturated heterocycles. The smallest absolute Gasteiger partial charge is 0.410 e. The van der Waals surface area contributed by atoms with E-state index in [4.69, 9.17) is 18.9 Å². The summed E-state index contributed by atoms with van der Waals surface area (Å²) in [5.41, 5.74) is 3.76. The first-order valence-corrected chi connectivity index (χ1v) is 12.5. The quantitative estimate of drug-likeness (QED) is 0.544. The van der Waals surface area contributed by atoms with E-state index in [1.165, 1.54) is 7.11 Å². The maximum absolute atomic E-state index is 13.2. The predicted molar refractivity (Wildman–Crippen MR) is 133 cm³/mol. The van der Waals surface area contributed by atoms with Crippen LogP contribution in [0.5, 0.6) is 0 Å². The van der Waals surface area contributed by atoms with Crippen molar-refractivity contribution in [3.8, 4) is 0 Å². The Morgan fingerprint density at radius 1 is 1.03 bits per heavy atom. The Balaban J connectivity index is 1.46. The first kappa shape index (κ1) is 24.3. The Labute approximate surface area is 210 Å². The number of ether oxygens (including phenoxy) is 4. The van der Waals surface area contributed by atoms with Crippen LogP contribution < -0.4 is 0 Å². The Bertz CT molecular complexity index is 1190. The lowest BCUT2D eigenvalue weighted by atomic mass is 9.86. The second kappa shape index (κ2) is 11.1. The van der Waals surface area contributed by atoms with E-state index in [-0.39, 0.29) is 24.6 Å². The number of hydrogen-bond acceptors (Lipinski definition) is 6. The first-order chi connectivity index (χ1) is 17.6. The number of H-pyrrole nitrogens is 1. The fraction of sp³-hybridized carbons (Fsp3) is 0.429. The van der Waals surface area contributed by atoms with Crippen LogP contribution in [0.15, 0.2) is 54.6 Å². The van der Waals surface area contributed by atoms with Crippen LogP contribution in [-0.2, 0) is 36.8 Å². The standard InChI is InChI=1S/C28H32N2O6/c1-33-26(31)23-17-20(27-34-15-16-35-27)11-13-30(28(32)36-18-19-7-3-2-4-8-19)14-12-22-21-9-5-6-10-24(21)29-25(22)23/h2-10,20,23,27,29H,11-18H2,1H3/t20-,23-/m1/s1. The van der Waals surface area contributed by atoms with Gasteiger partial charge in [-0.1, -0.05) is 48.5 Å². The molecule has 0 unspecified atom stereocenters. The molecule has 0 saturated carbocycles. The minimum atomic E-state index is -0.480. The molecule has 0 radical (unpaired) electrons. The average molecular weight is 493 g/mol. The number of fused-ring (bicyclic) bond motifs is 3. The summed E-state index contributed by atoms with van der Waals surface area (Å²) in [6, 6.07) is 17.7. The van der Waals surface area contributed by atoms with Crippen LogP contribution in [0.3, 0.4) is 0 Å². The van der Waals surface area contributed by atoms with E-state index in [1.54, 1.807) is 4.90 Å². The van der Waals surface area contributed by atoms with Gasteiger partial charge in [-0.2, -0.15) is 0 Å². The maximum Gasteiger partial charge on any atom is 0.410 e. The maximum atomic E-state index is 13.2. The van der Waals surface area contributed by atoms with Gasteiger partial charge in [0.05, 0.1) is 26.2 Å². The highest BCUT2D eigenvalue weighted by Crippen LogP contribution is 2.37. The molecular weight excluding hydrogens is 460 g/mol. The molecule has 3 aromatic rings. The molecule has 8 nitrogen and oxygen atoms in total. The molecule has 5 rings (SSSR count). The highest BCUT2D eigenvalue weighted by Gasteiger charge is 2.36. The van der Waals surface area contributed by atoms with Crippen molar-refractivity contribution in [2.45, 2.75) is 38.1 Å². The molecule has 1 N–H and O–H groups in total. The lowest BCUT2D eigenvalue weighted by Crippen LogP contribution is -2.38. The number of carbonyl (C=O) groups excluding carboxylic acids is 2. The van der Waals surface area contributed by atoms with E-state index >= 15 is 0 Å². The number of methoxy groups -OCH3 is 1. The number of nitrogens with zero attached hydrogens (tertiary/aromatic N) is 1. The van der Waals surface area contributed by atoms with E-state index in [2.05, 4.69) is 4.98 Å². The highest BCUT2D eigenvalue weighted by molar-refractivity contribution is 5.88. The summed E-state index contributed by atoms with van der Waals surface area (Å²) in [6.45, 7) is 2.20. The molecule has 2 aromatic carbocycles. The van der Waals surface area contributed by atoms with E-state index in [1.807, 2.05) is 54.6 Å². The van der Waals surface area contributed by atoms with Crippen molar-refractivity contribution in [2.24, 2.45) is 5.92 Å². The van der Waals surface area contributed by atoms with Crippen molar-refractivity contribution in [3.63, 3.8) is 0 Å². The molecular formula is C28H32N2O6. The van der Waals surface area contributed by atoms with E-state index in [9.17, 15) is 9.59 Å². The third kappa shape index (κ3) is 5.24. The lowest BCUT2D eigenvalue weighted by Gasteiger charge is -2.30. The monoisotopic (exact) mass is 492 g/mol. The first-order valence-electron chi connectivity index (χ1n) is 12.5. The summed E-state index contributed by atoms with van der Waals surface area (Å²) in [5, 5.41) is 1.05. The zero-order valence-electron chi connectivity index (χ0n) is 20.5. The van der Waals surface area contributed by atoms with Gasteiger partial charge in [0.1, 0.15) is 6.61 Å². The zero-order valence-corrected chi connectivity index (χ0v) is 20.5. The molecule has 1 fully saturated rings. The van der Waals surface area contributed by atoms with Gasteiger partial charge in [-0.25, -0.2) is 4.79 Å². The summed E-state index contributed by atoms with van der Waals surface area (Å²) in [7, 11) is 1.42. The van der Waals surface area contributed by atoms with Crippen molar-refractivity contribution in [1.82, 2.24) is 9.88 Å². The van der Waals surface area contributed by atoms with Crippen LogP contribution in [0.1, 0.15) is 35.6 Å². The highest BCUT2D eigenvalue weighted by atomic mass is 16.7. The van der Waals surface area contributed by atoms with Gasteiger partial charge < -0.3 is 28.8 Å². The largest absolute Gasteiger partial charge is 0.469 e. The average Bonchev–Trinajstić information content (AvgIpc) is 3.58. The third-order valence-electron chi connectivity index (χ3n) is 7.12. The van der Waals surface area contributed by atoms with Crippen molar-refractivity contribution >= 4 is 23.0 Å². The van der Waals surface area contributed by atoms with Crippen molar-refractivity contribution in [2.75, 3.05) is 33.4 Å². The molecule has 190 valence electrons. The number of benzene rings is 2. The van der Waals surface area contributed by atoms with Gasteiger partial charge in [0, 0.05) is 35.6 Å². The Hall–Kier alpha value is -3.36. The van der Waals surface area contributed by atoms with Crippen molar-refractivity contribution in [1.29, 1.82) is 0 Å². The van der Waals surface area contributed by atoms with Crippen LogP contribution in [0.4, 0.5) is 4.79 Å². The fourth-order valence-corrected chi connectivity index (χ4v) is 5.25. The lowest BCUT2D eigenvalue weighted by molar-refractivity contribution is -0.144. The molecule has 1 amide bonds. The second-order valence-corrected chi connectivity index (χ2v) is 9.31. The summed E-state index contributed by atoms with van der Waals surface area (Å²) in [5.74, 6) is -0.865. The second-order valence-electron chi connectivity index (χ2n) is 9.31. The number of aromatic amines is 1. The number of carbonyl (C=O) groups is 2. The Morgan fingerprint density at radius 3 is 2.56 bits per heavy atom. The van der Waals surface area contributed by atoms with Gasteiger partial charge in [0.2, 0.25) is 0 Å². The summed E-state index contributed by atoms with van der Waals surface area (Å²) in [6.07, 6.45) is 0.927. The van der Waals surface area contributed by atoms with E-state index in [0.717, 1.165) is 27.7 Å². The number of hydrogen-bond donors (Lipinski definition) is 1. The number of nitrogens with one attached hydrogen (secondary N) is 1. The molecule has 2 aliphatic heterocycles. The molecule has 0 aliphatic carbocycles. The number of aromatic nitrogens is 1. The van der Waals surface area contributed by atoms with Gasteiger partial charge >= 0.3 is 12.1 Å². The minimum absolute atomic E-state index is 0.0987. The Morgan fingerprint density at radius 2 is 1.78 bits per heavy atom. The third-order valence-corrected chi connectivity index (χ3v) is 7.12. The fourth-order valence-electron chi connectivity index (χ4n) is 5.25. The summed E-state index contributed by atoms with van der Waals surface area (Å²) in [4.78, 5) is 31.4. The molecule has 3 heterocycles. The summed E-state index contributed by atoms with van der Waals surface area (Å²) < 4.78 is 22.6. The molecule has 2 aliphatic rings. The van der Waals surface area contributed by atoms with E-state index < -0.39 is 12.2 Å². The van der Waals surface area contributed by atoms with Crippen molar-refractivity contribution in [3.05, 3.63) is 71.4 Å². The molecule has 0 spiro atoms. The predicted octanol–water partition coefficient (Wildman–Crippen LogP) is 4.39. The van der Waals surface area contributed by atoms with E-state index in [0.29, 0.717) is 45.6 Å². The number of esters is 1. The van der Waals surface area contributed by atoms with Gasteiger partial charge in [0.15, 0.2) is 6.29 Å². The molecule has 1 aromatic heterocycles. The van der Waals surface area contributed by atoms with Crippen LogP contribution in [0, 0.1) is 5.92 Å². The van der Waals surface area contributed by atoms with Gasteiger partial charge in [-0.15, -0.1) is 0 Å². The van der Waals surface area contributed by atoms with Crippen LogP contribution in [-0.4, -0.2) is 61.6 Å². The minimum Gasteiger partial charge on any atom is -0.469 e. The Kier molecular flexibility index (Phi) is 7.53. The molecule has 36 heavy (non-hydrogen) atoms. The zero-order chi connectivity index (χ0) is 24.9. The van der Waals surface area contributed by atoms with Crippen molar-refractivity contribution < 1.29 is 28.5 Å². The number of para-hydroxylation sites is 1. The van der Waals surface area contributed by atoms with Crippen LogP contribution in [0.25, 0.3) is 10.9 Å². The summed E-state index contributed by atoms with van der Waals surface area (Å²) >= 11 is 0. The van der Waals surface area contributed by atoms with Crippen LogP contribution >= 0.6 is 0 Å². The SMILES string of the molecule is COC(=O)[C@@H]1C[C@H](C2OCCO2)CCN(C(=O)OCc2ccccc2)CCc2c1[nH]c1ccccc21. The number of amides is 1. The van der Waals surface area contributed by atoms with Crippen LogP contribution in [0.2, 0.25) is 0 Å². The van der Waals surface area contributed by atoms with Gasteiger partial charge in [-0.3, -0.25) is 4.79 Å². The normalized spacial score (nSPS) is 21.2. The molecule has 8 heteroatoms. The van der Waals surface area contributed by atoms with Gasteiger partial charge in [-0.05, 0) is 36.5 Å².